The fraction of sp³-hybridized carbons (Fsp3) is 0.375. The number of hydrogen-bond acceptors (Lipinski definition) is 3. The summed E-state index contributed by atoms with van der Waals surface area (Å²) in [5.41, 5.74) is 2.03. The third kappa shape index (κ3) is 2.07. The van der Waals surface area contributed by atoms with Crippen LogP contribution in [0.25, 0.3) is 0 Å². The average molecular weight is 166 g/mol. The van der Waals surface area contributed by atoms with E-state index in [1.54, 1.807) is 0 Å². The Morgan fingerprint density at radius 2 is 2.36 bits per heavy atom. The van der Waals surface area contributed by atoms with Crippen molar-refractivity contribution < 1.29 is 0 Å². The van der Waals surface area contributed by atoms with Gasteiger partial charge < -0.3 is 0 Å². The zero-order valence-corrected chi connectivity index (χ0v) is 7.47. The molecule has 1 aliphatic heterocycles. The minimum Gasteiger partial charge on any atom is -0.239 e. The van der Waals surface area contributed by atoms with Gasteiger partial charge >= 0.3 is 0 Å². The summed E-state index contributed by atoms with van der Waals surface area (Å²) < 4.78 is 0. The molecular formula is C8H10N2S. The molecule has 2 nitrogen and oxygen atoms in total. The Bertz CT molecular complexity index is 268. The van der Waals surface area contributed by atoms with Gasteiger partial charge in [-0.1, -0.05) is 0 Å². The highest BCUT2D eigenvalue weighted by atomic mass is 32.1. The van der Waals surface area contributed by atoms with Crippen molar-refractivity contribution in [2.45, 2.75) is 19.1 Å². The first-order chi connectivity index (χ1) is 5.22. The minimum absolute atomic E-state index is 0.151. The van der Waals surface area contributed by atoms with Gasteiger partial charge in [0.05, 0.1) is 5.70 Å². The molecule has 0 saturated heterocycles. The lowest BCUT2D eigenvalue weighted by atomic mass is 10.2. The predicted octanol–water partition coefficient (Wildman–Crippen LogP) is 1.85. The van der Waals surface area contributed by atoms with E-state index in [1.807, 2.05) is 19.9 Å². The van der Waals surface area contributed by atoms with Crippen molar-refractivity contribution in [3.05, 3.63) is 17.3 Å². The first kappa shape index (κ1) is 8.31. The molecule has 0 aliphatic carbocycles. The average Bonchev–Trinajstić information content (AvgIpc) is 2.13. The lowest BCUT2D eigenvalue weighted by Gasteiger charge is -2.05. The molecule has 0 saturated carbocycles. The molecule has 0 fully saturated rings. The number of hydrogen-bond donors (Lipinski definition) is 1. The van der Waals surface area contributed by atoms with Gasteiger partial charge in [-0.2, -0.15) is 17.6 Å². The molecule has 1 aliphatic rings. The van der Waals surface area contributed by atoms with Crippen LogP contribution in [0.2, 0.25) is 0 Å². The Kier molecular flexibility index (Phi) is 2.69. The maximum Gasteiger partial charge on any atom is 0.125 e. The predicted molar refractivity (Wildman–Crippen MR) is 51.6 cm³/mol. The van der Waals surface area contributed by atoms with Gasteiger partial charge in [-0.15, -0.1) is 0 Å². The second-order valence-corrected chi connectivity index (χ2v) is 3.17. The third-order valence-electron chi connectivity index (χ3n) is 1.41. The number of aliphatic imine (C=N–C) groups is 2. The molecule has 0 amide bonds. The van der Waals surface area contributed by atoms with Gasteiger partial charge in [0.1, 0.15) is 6.34 Å². The molecule has 58 valence electrons. The smallest absolute Gasteiger partial charge is 0.125 e. The van der Waals surface area contributed by atoms with Gasteiger partial charge in [0.25, 0.3) is 0 Å². The summed E-state index contributed by atoms with van der Waals surface area (Å²) in [6.07, 6.45) is 3.31. The van der Waals surface area contributed by atoms with Crippen molar-refractivity contribution in [2.75, 3.05) is 0 Å². The van der Waals surface area contributed by atoms with E-state index < -0.39 is 0 Å². The number of thiol groups is 1. The Morgan fingerprint density at radius 3 is 3.00 bits per heavy atom. The molecule has 1 rings (SSSR count). The number of rotatable bonds is 1. The molecule has 1 atom stereocenters. The number of nitrogens with zero attached hydrogens (tertiary/aromatic N) is 2. The molecule has 0 N–H and O–H groups in total. The summed E-state index contributed by atoms with van der Waals surface area (Å²) in [5.74, 6) is 2.74. The van der Waals surface area contributed by atoms with Crippen molar-refractivity contribution in [2.24, 2.45) is 9.98 Å². The van der Waals surface area contributed by atoms with E-state index in [0.717, 1.165) is 11.3 Å². The highest BCUT2D eigenvalue weighted by Gasteiger charge is 2.05. The Balaban J connectivity index is 3.03. The van der Waals surface area contributed by atoms with Gasteiger partial charge in [-0.3, -0.25) is 0 Å². The summed E-state index contributed by atoms with van der Waals surface area (Å²) in [4.78, 5) is 7.90. The normalized spacial score (nSPS) is 18.8. The summed E-state index contributed by atoms with van der Waals surface area (Å²) in [5, 5.41) is 0.151. The maximum atomic E-state index is 4.29. The first-order valence-electron chi connectivity index (χ1n) is 3.42. The van der Waals surface area contributed by atoms with Gasteiger partial charge in [0, 0.05) is 11.3 Å². The monoisotopic (exact) mass is 166 g/mol. The molecule has 0 aromatic heterocycles. The quantitative estimate of drug-likeness (QED) is 0.575. The number of allylic oxidation sites excluding steroid dienone is 2. The molecule has 0 bridgehead atoms. The third-order valence-corrected chi connectivity index (χ3v) is 1.65. The molecular weight excluding hydrogens is 156 g/mol. The lowest BCUT2D eigenvalue weighted by Crippen LogP contribution is -1.96. The van der Waals surface area contributed by atoms with E-state index in [9.17, 15) is 0 Å². The zero-order chi connectivity index (χ0) is 8.27. The van der Waals surface area contributed by atoms with Crippen molar-refractivity contribution in [1.29, 1.82) is 0 Å². The fourth-order valence-electron chi connectivity index (χ4n) is 0.872. The van der Waals surface area contributed by atoms with Crippen molar-refractivity contribution >= 4 is 24.8 Å². The highest BCUT2D eigenvalue weighted by molar-refractivity contribution is 7.81. The Labute approximate surface area is 71.9 Å². The molecule has 0 aromatic rings. The van der Waals surface area contributed by atoms with Crippen LogP contribution in [0.1, 0.15) is 13.8 Å². The van der Waals surface area contributed by atoms with Crippen LogP contribution < -0.4 is 0 Å². The minimum atomic E-state index is 0.151. The van der Waals surface area contributed by atoms with E-state index in [4.69, 9.17) is 0 Å². The molecule has 0 radical (unpaired) electrons. The van der Waals surface area contributed by atoms with Crippen molar-refractivity contribution in [3.63, 3.8) is 0 Å². The fourth-order valence-corrected chi connectivity index (χ4v) is 1.14. The van der Waals surface area contributed by atoms with E-state index >= 15 is 0 Å². The zero-order valence-electron chi connectivity index (χ0n) is 6.57. The summed E-state index contributed by atoms with van der Waals surface area (Å²) in [6.45, 7) is 3.96. The van der Waals surface area contributed by atoms with Crippen LogP contribution in [-0.4, -0.2) is 17.5 Å². The summed E-state index contributed by atoms with van der Waals surface area (Å²) in [7, 11) is 0. The molecule has 0 spiro atoms. The van der Waals surface area contributed by atoms with Crippen LogP contribution in [0.5, 0.6) is 0 Å². The lowest BCUT2D eigenvalue weighted by molar-refractivity contribution is 1.07. The van der Waals surface area contributed by atoms with Gasteiger partial charge in [-0.05, 0) is 25.3 Å². The Hall–Kier alpha value is -0.790. The molecule has 0 aromatic carbocycles. The SMILES string of the molecule is CC1=C(C(C)S)N=CN=C=C1. The van der Waals surface area contributed by atoms with Crippen molar-refractivity contribution in [3.8, 4) is 0 Å². The second-order valence-electron chi connectivity index (χ2n) is 2.39. The van der Waals surface area contributed by atoms with Crippen LogP contribution in [0.15, 0.2) is 27.3 Å². The van der Waals surface area contributed by atoms with E-state index in [0.29, 0.717) is 0 Å². The topological polar surface area (TPSA) is 24.7 Å². The van der Waals surface area contributed by atoms with Crippen LogP contribution in [0, 0.1) is 0 Å². The second kappa shape index (κ2) is 3.56. The van der Waals surface area contributed by atoms with E-state index in [2.05, 4.69) is 28.5 Å². The standard InChI is InChI=1S/C8H10N2S/c1-6-3-4-9-5-10-8(6)7(2)11/h3,5,7,11H,1-2H3. The van der Waals surface area contributed by atoms with Gasteiger partial charge in [0.15, 0.2) is 0 Å². The van der Waals surface area contributed by atoms with Crippen LogP contribution in [0.3, 0.4) is 0 Å². The van der Waals surface area contributed by atoms with E-state index in [1.165, 1.54) is 6.34 Å². The van der Waals surface area contributed by atoms with Crippen LogP contribution >= 0.6 is 12.6 Å². The van der Waals surface area contributed by atoms with Crippen LogP contribution in [0.4, 0.5) is 0 Å². The Morgan fingerprint density at radius 1 is 1.64 bits per heavy atom. The molecule has 3 heteroatoms. The summed E-state index contributed by atoms with van der Waals surface area (Å²) in [6, 6.07) is 0. The summed E-state index contributed by atoms with van der Waals surface area (Å²) >= 11 is 4.29. The molecule has 1 heterocycles. The van der Waals surface area contributed by atoms with Gasteiger partial charge in [0.2, 0.25) is 0 Å². The van der Waals surface area contributed by atoms with Crippen LogP contribution in [-0.2, 0) is 0 Å². The molecule has 1 unspecified atom stereocenters. The van der Waals surface area contributed by atoms with Crippen molar-refractivity contribution in [1.82, 2.24) is 0 Å². The maximum absolute atomic E-state index is 4.29. The highest BCUT2D eigenvalue weighted by Crippen LogP contribution is 2.15. The largest absolute Gasteiger partial charge is 0.239 e. The molecule has 11 heavy (non-hydrogen) atoms. The first-order valence-corrected chi connectivity index (χ1v) is 3.93. The van der Waals surface area contributed by atoms with E-state index in [-0.39, 0.29) is 5.25 Å². The van der Waals surface area contributed by atoms with Gasteiger partial charge in [-0.25, -0.2) is 4.99 Å².